The SMILES string of the molecule is Cc1ccc(CCC(=O)O)cc1-n1cnnc1C(C)C. The molecule has 1 aromatic heterocycles. The molecule has 0 radical (unpaired) electrons. The van der Waals surface area contributed by atoms with Gasteiger partial charge in [0, 0.05) is 12.3 Å². The summed E-state index contributed by atoms with van der Waals surface area (Å²) in [6.45, 7) is 6.18. The molecule has 0 saturated heterocycles. The summed E-state index contributed by atoms with van der Waals surface area (Å²) in [6, 6.07) is 6.01. The van der Waals surface area contributed by atoms with Crippen molar-refractivity contribution in [3.05, 3.63) is 41.5 Å². The Kier molecular flexibility index (Phi) is 4.17. The van der Waals surface area contributed by atoms with Crippen LogP contribution in [-0.4, -0.2) is 25.8 Å². The van der Waals surface area contributed by atoms with Crippen molar-refractivity contribution in [1.82, 2.24) is 14.8 Å². The van der Waals surface area contributed by atoms with Crippen molar-refractivity contribution in [2.24, 2.45) is 0 Å². The minimum atomic E-state index is -0.778. The molecule has 0 aliphatic rings. The van der Waals surface area contributed by atoms with Gasteiger partial charge in [0.25, 0.3) is 0 Å². The van der Waals surface area contributed by atoms with Crippen LogP contribution in [0, 0.1) is 6.92 Å². The first-order valence-electron chi connectivity index (χ1n) is 6.70. The minimum absolute atomic E-state index is 0.141. The van der Waals surface area contributed by atoms with Crippen LogP contribution in [0.5, 0.6) is 0 Å². The zero-order valence-corrected chi connectivity index (χ0v) is 12.0. The maximum Gasteiger partial charge on any atom is 0.303 e. The van der Waals surface area contributed by atoms with E-state index in [1.807, 2.05) is 29.7 Å². The largest absolute Gasteiger partial charge is 0.481 e. The van der Waals surface area contributed by atoms with Gasteiger partial charge in [-0.05, 0) is 30.5 Å². The maximum atomic E-state index is 10.7. The van der Waals surface area contributed by atoms with Crippen molar-refractivity contribution < 1.29 is 9.90 Å². The molecule has 0 aliphatic heterocycles. The van der Waals surface area contributed by atoms with Gasteiger partial charge in [0.05, 0.1) is 5.69 Å². The standard InChI is InChI=1S/C15H19N3O2/c1-10(2)15-17-16-9-18(15)13-8-12(5-4-11(13)3)6-7-14(19)20/h4-5,8-10H,6-7H2,1-3H3,(H,19,20). The molecule has 1 N–H and O–H groups in total. The zero-order valence-electron chi connectivity index (χ0n) is 12.0. The Morgan fingerprint density at radius 1 is 1.40 bits per heavy atom. The number of benzene rings is 1. The summed E-state index contributed by atoms with van der Waals surface area (Å²) >= 11 is 0. The fourth-order valence-electron chi connectivity index (χ4n) is 2.14. The van der Waals surface area contributed by atoms with Crippen LogP contribution in [0.4, 0.5) is 0 Å². The lowest BCUT2D eigenvalue weighted by atomic mass is 10.1. The number of hydrogen-bond donors (Lipinski definition) is 1. The Morgan fingerprint density at radius 3 is 2.80 bits per heavy atom. The highest BCUT2D eigenvalue weighted by atomic mass is 16.4. The molecule has 0 atom stereocenters. The van der Waals surface area contributed by atoms with E-state index < -0.39 is 5.97 Å². The molecular formula is C15H19N3O2. The molecule has 5 nitrogen and oxygen atoms in total. The van der Waals surface area contributed by atoms with E-state index in [9.17, 15) is 4.79 Å². The van der Waals surface area contributed by atoms with Crippen LogP contribution in [0.1, 0.15) is 43.1 Å². The van der Waals surface area contributed by atoms with Crippen molar-refractivity contribution in [3.8, 4) is 5.69 Å². The van der Waals surface area contributed by atoms with Gasteiger partial charge in [-0.1, -0.05) is 26.0 Å². The second kappa shape index (κ2) is 5.86. The van der Waals surface area contributed by atoms with Gasteiger partial charge in [-0.2, -0.15) is 0 Å². The summed E-state index contributed by atoms with van der Waals surface area (Å²) in [5, 5.41) is 16.9. The molecule has 2 rings (SSSR count). The lowest BCUT2D eigenvalue weighted by Gasteiger charge is -2.13. The van der Waals surface area contributed by atoms with Gasteiger partial charge in [0.2, 0.25) is 0 Å². The Labute approximate surface area is 118 Å². The van der Waals surface area contributed by atoms with E-state index in [2.05, 4.69) is 24.0 Å². The van der Waals surface area contributed by atoms with Gasteiger partial charge in [0.1, 0.15) is 12.2 Å². The maximum absolute atomic E-state index is 10.7. The highest BCUT2D eigenvalue weighted by molar-refractivity contribution is 5.67. The summed E-state index contributed by atoms with van der Waals surface area (Å²) < 4.78 is 1.98. The number of aromatic nitrogens is 3. The molecule has 0 fully saturated rings. The predicted molar refractivity (Wildman–Crippen MR) is 76.1 cm³/mol. The number of aliphatic carboxylic acids is 1. The lowest BCUT2D eigenvalue weighted by molar-refractivity contribution is -0.136. The molecule has 0 saturated carbocycles. The molecule has 5 heteroatoms. The fraction of sp³-hybridized carbons (Fsp3) is 0.400. The van der Waals surface area contributed by atoms with Gasteiger partial charge in [-0.15, -0.1) is 10.2 Å². The molecule has 0 unspecified atom stereocenters. The zero-order chi connectivity index (χ0) is 14.7. The van der Waals surface area contributed by atoms with Crippen LogP contribution in [0.15, 0.2) is 24.5 Å². The van der Waals surface area contributed by atoms with Crippen molar-refractivity contribution in [2.75, 3.05) is 0 Å². The van der Waals surface area contributed by atoms with Crippen LogP contribution >= 0.6 is 0 Å². The first-order chi connectivity index (χ1) is 9.49. The van der Waals surface area contributed by atoms with E-state index in [0.717, 1.165) is 22.6 Å². The molecule has 1 aromatic carbocycles. The van der Waals surface area contributed by atoms with E-state index in [1.165, 1.54) is 0 Å². The molecule has 2 aromatic rings. The molecule has 0 aliphatic carbocycles. The summed E-state index contributed by atoms with van der Waals surface area (Å²) in [6.07, 6.45) is 2.38. The van der Waals surface area contributed by atoms with Crippen molar-refractivity contribution in [2.45, 2.75) is 39.5 Å². The quantitative estimate of drug-likeness (QED) is 0.909. The number of carboxylic acids is 1. The highest BCUT2D eigenvalue weighted by Crippen LogP contribution is 2.21. The fourth-order valence-corrected chi connectivity index (χ4v) is 2.14. The second-order valence-electron chi connectivity index (χ2n) is 5.23. The highest BCUT2D eigenvalue weighted by Gasteiger charge is 2.12. The summed E-state index contributed by atoms with van der Waals surface area (Å²) in [7, 11) is 0. The predicted octanol–water partition coefficient (Wildman–Crippen LogP) is 2.72. The van der Waals surface area contributed by atoms with Crippen LogP contribution in [0.2, 0.25) is 0 Å². The molecule has 1 heterocycles. The second-order valence-corrected chi connectivity index (χ2v) is 5.23. The van der Waals surface area contributed by atoms with E-state index in [-0.39, 0.29) is 12.3 Å². The van der Waals surface area contributed by atoms with Gasteiger partial charge in [-0.25, -0.2) is 0 Å². The van der Waals surface area contributed by atoms with E-state index in [4.69, 9.17) is 5.11 Å². The Hall–Kier alpha value is -2.17. The Morgan fingerprint density at radius 2 is 2.15 bits per heavy atom. The summed E-state index contributed by atoms with van der Waals surface area (Å²) in [4.78, 5) is 10.7. The third kappa shape index (κ3) is 3.04. The third-order valence-electron chi connectivity index (χ3n) is 3.25. The third-order valence-corrected chi connectivity index (χ3v) is 3.25. The molecule has 106 valence electrons. The van der Waals surface area contributed by atoms with Gasteiger partial charge >= 0.3 is 5.97 Å². The van der Waals surface area contributed by atoms with Crippen LogP contribution < -0.4 is 0 Å². The molecule has 0 spiro atoms. The number of rotatable bonds is 5. The van der Waals surface area contributed by atoms with Crippen LogP contribution in [-0.2, 0) is 11.2 Å². The monoisotopic (exact) mass is 273 g/mol. The molecule has 20 heavy (non-hydrogen) atoms. The number of carbonyl (C=O) groups is 1. The normalized spacial score (nSPS) is 11.0. The van der Waals surface area contributed by atoms with E-state index in [0.29, 0.717) is 6.42 Å². The first-order valence-corrected chi connectivity index (χ1v) is 6.70. The average Bonchev–Trinajstić information content (AvgIpc) is 2.87. The number of carboxylic acid groups (broad SMARTS) is 1. The Balaban J connectivity index is 2.37. The summed E-state index contributed by atoms with van der Waals surface area (Å²) in [5.41, 5.74) is 3.14. The smallest absolute Gasteiger partial charge is 0.303 e. The lowest BCUT2D eigenvalue weighted by Crippen LogP contribution is -2.05. The first kappa shape index (κ1) is 14.2. The van der Waals surface area contributed by atoms with E-state index in [1.54, 1.807) is 6.33 Å². The van der Waals surface area contributed by atoms with Crippen LogP contribution in [0.3, 0.4) is 0 Å². The molecule has 0 bridgehead atoms. The number of hydrogen-bond acceptors (Lipinski definition) is 3. The van der Waals surface area contributed by atoms with Gasteiger partial charge < -0.3 is 5.11 Å². The number of aryl methyl sites for hydroxylation is 2. The minimum Gasteiger partial charge on any atom is -0.481 e. The average molecular weight is 273 g/mol. The molecular weight excluding hydrogens is 254 g/mol. The van der Waals surface area contributed by atoms with Gasteiger partial charge in [0.15, 0.2) is 0 Å². The topological polar surface area (TPSA) is 68.0 Å². The van der Waals surface area contributed by atoms with Crippen LogP contribution in [0.25, 0.3) is 5.69 Å². The Bertz CT molecular complexity index is 617. The molecule has 0 amide bonds. The van der Waals surface area contributed by atoms with Crippen molar-refractivity contribution in [3.63, 3.8) is 0 Å². The van der Waals surface area contributed by atoms with Crippen molar-refractivity contribution >= 4 is 5.97 Å². The van der Waals surface area contributed by atoms with Gasteiger partial charge in [-0.3, -0.25) is 9.36 Å². The van der Waals surface area contributed by atoms with E-state index >= 15 is 0 Å². The number of nitrogens with zero attached hydrogens (tertiary/aromatic N) is 3. The van der Waals surface area contributed by atoms with Crippen molar-refractivity contribution in [1.29, 1.82) is 0 Å². The summed E-state index contributed by atoms with van der Waals surface area (Å²) in [5.74, 6) is 0.405.